The lowest BCUT2D eigenvalue weighted by molar-refractivity contribution is -0.123. The maximum atomic E-state index is 12.1. The maximum absolute atomic E-state index is 12.1. The molecule has 1 heterocycles. The van der Waals surface area contributed by atoms with Gasteiger partial charge in [0.25, 0.3) is 5.91 Å². The number of anilines is 1. The molecule has 0 saturated carbocycles. The van der Waals surface area contributed by atoms with Gasteiger partial charge >= 0.3 is 12.0 Å². The number of hydrogen-bond acceptors (Lipinski definition) is 5. The first-order valence-corrected chi connectivity index (χ1v) is 8.58. The van der Waals surface area contributed by atoms with E-state index in [1.54, 1.807) is 29.2 Å². The number of amides is 4. The Kier molecular flexibility index (Phi) is 6.71. The monoisotopic (exact) mass is 361 g/mol. The second-order valence-corrected chi connectivity index (χ2v) is 6.11. The van der Waals surface area contributed by atoms with Gasteiger partial charge in [-0.1, -0.05) is 13.0 Å². The third-order valence-corrected chi connectivity index (χ3v) is 4.04. The molecule has 0 bridgehead atoms. The SMILES string of the molecule is CC[C@H](C)NC(=O)NC(=O)COC(=O)c1cccc(N2CCCC2=O)c1. The Morgan fingerprint density at radius 1 is 1.31 bits per heavy atom. The highest BCUT2D eigenvalue weighted by atomic mass is 16.5. The molecule has 26 heavy (non-hydrogen) atoms. The standard InChI is InChI=1S/C18H23N3O5/c1-3-12(2)19-18(25)20-15(22)11-26-17(24)13-6-4-7-14(10-13)21-9-5-8-16(21)23/h4,6-7,10,12H,3,5,8-9,11H2,1-2H3,(H2,19,20,22,25)/t12-/m0/s1. The minimum Gasteiger partial charge on any atom is -0.452 e. The molecular formula is C18H23N3O5. The van der Waals surface area contributed by atoms with Crippen molar-refractivity contribution in [1.29, 1.82) is 0 Å². The Balaban J connectivity index is 1.87. The molecule has 0 radical (unpaired) electrons. The van der Waals surface area contributed by atoms with E-state index < -0.39 is 24.5 Å². The zero-order valence-electron chi connectivity index (χ0n) is 14.9. The molecule has 2 rings (SSSR count). The molecule has 1 aromatic rings. The van der Waals surface area contributed by atoms with Crippen LogP contribution in [0.15, 0.2) is 24.3 Å². The number of benzene rings is 1. The molecule has 0 unspecified atom stereocenters. The van der Waals surface area contributed by atoms with E-state index in [-0.39, 0.29) is 17.5 Å². The van der Waals surface area contributed by atoms with Gasteiger partial charge in [0.15, 0.2) is 6.61 Å². The molecule has 8 heteroatoms. The third-order valence-electron chi connectivity index (χ3n) is 4.04. The van der Waals surface area contributed by atoms with Gasteiger partial charge in [0, 0.05) is 24.7 Å². The summed E-state index contributed by atoms with van der Waals surface area (Å²) in [5.74, 6) is -1.40. The average Bonchev–Trinajstić information content (AvgIpc) is 3.05. The van der Waals surface area contributed by atoms with Crippen molar-refractivity contribution < 1.29 is 23.9 Å². The van der Waals surface area contributed by atoms with Crippen molar-refractivity contribution in [2.75, 3.05) is 18.1 Å². The molecule has 8 nitrogen and oxygen atoms in total. The average molecular weight is 361 g/mol. The summed E-state index contributed by atoms with van der Waals surface area (Å²) < 4.78 is 4.93. The molecule has 2 N–H and O–H groups in total. The first-order valence-electron chi connectivity index (χ1n) is 8.58. The highest BCUT2D eigenvalue weighted by Gasteiger charge is 2.22. The Morgan fingerprint density at radius 3 is 2.73 bits per heavy atom. The Labute approximate surface area is 151 Å². The molecule has 140 valence electrons. The molecule has 0 aliphatic carbocycles. The van der Waals surface area contributed by atoms with E-state index in [1.165, 1.54) is 0 Å². The summed E-state index contributed by atoms with van der Waals surface area (Å²) in [6.45, 7) is 3.76. The van der Waals surface area contributed by atoms with Gasteiger partial charge in [-0.25, -0.2) is 9.59 Å². The summed E-state index contributed by atoms with van der Waals surface area (Å²) in [4.78, 5) is 48.7. The van der Waals surface area contributed by atoms with Crippen LogP contribution in [0.3, 0.4) is 0 Å². The fourth-order valence-electron chi connectivity index (χ4n) is 2.46. The van der Waals surface area contributed by atoms with Crippen LogP contribution in [-0.2, 0) is 14.3 Å². The summed E-state index contributed by atoms with van der Waals surface area (Å²) in [5.41, 5.74) is 0.860. The zero-order chi connectivity index (χ0) is 19.1. The van der Waals surface area contributed by atoms with Crippen molar-refractivity contribution in [1.82, 2.24) is 10.6 Å². The zero-order valence-corrected chi connectivity index (χ0v) is 14.9. The lowest BCUT2D eigenvalue weighted by Gasteiger charge is -2.16. The van der Waals surface area contributed by atoms with Gasteiger partial charge < -0.3 is 15.0 Å². The van der Waals surface area contributed by atoms with E-state index in [4.69, 9.17) is 4.74 Å². The molecule has 1 atom stereocenters. The van der Waals surface area contributed by atoms with E-state index in [1.807, 2.05) is 13.8 Å². The number of hydrogen-bond donors (Lipinski definition) is 2. The fraction of sp³-hybridized carbons (Fsp3) is 0.444. The van der Waals surface area contributed by atoms with Crippen LogP contribution in [0.5, 0.6) is 0 Å². The van der Waals surface area contributed by atoms with E-state index in [0.29, 0.717) is 18.7 Å². The van der Waals surface area contributed by atoms with Crippen LogP contribution in [0.25, 0.3) is 0 Å². The highest BCUT2D eigenvalue weighted by Crippen LogP contribution is 2.22. The minimum atomic E-state index is -0.718. The highest BCUT2D eigenvalue weighted by molar-refractivity contribution is 5.99. The lowest BCUT2D eigenvalue weighted by Crippen LogP contribution is -2.44. The molecule has 0 aromatic heterocycles. The van der Waals surface area contributed by atoms with Crippen LogP contribution >= 0.6 is 0 Å². The molecule has 1 aromatic carbocycles. The number of nitrogens with zero attached hydrogens (tertiary/aromatic N) is 1. The largest absolute Gasteiger partial charge is 0.452 e. The van der Waals surface area contributed by atoms with Gasteiger partial charge in [-0.15, -0.1) is 0 Å². The van der Waals surface area contributed by atoms with Crippen molar-refractivity contribution >= 4 is 29.5 Å². The van der Waals surface area contributed by atoms with E-state index >= 15 is 0 Å². The lowest BCUT2D eigenvalue weighted by atomic mass is 10.2. The predicted octanol–water partition coefficient (Wildman–Crippen LogP) is 1.59. The number of urea groups is 1. The van der Waals surface area contributed by atoms with Crippen molar-refractivity contribution in [3.8, 4) is 0 Å². The summed E-state index contributed by atoms with van der Waals surface area (Å²) in [6.07, 6.45) is 2.01. The number of ether oxygens (including phenoxy) is 1. The number of carbonyl (C=O) groups is 4. The fourth-order valence-corrected chi connectivity index (χ4v) is 2.46. The number of rotatable bonds is 6. The summed E-state index contributed by atoms with van der Waals surface area (Å²) >= 11 is 0. The second kappa shape index (κ2) is 8.98. The van der Waals surface area contributed by atoms with Gasteiger partial charge in [-0.3, -0.25) is 14.9 Å². The van der Waals surface area contributed by atoms with Crippen LogP contribution in [-0.4, -0.2) is 43.0 Å². The van der Waals surface area contributed by atoms with Crippen molar-refractivity contribution in [3.63, 3.8) is 0 Å². The first kappa shape index (κ1) is 19.4. The third kappa shape index (κ3) is 5.30. The summed E-state index contributed by atoms with van der Waals surface area (Å²) in [6, 6.07) is 5.79. The first-order chi connectivity index (χ1) is 12.4. The molecule has 1 aliphatic rings. The Morgan fingerprint density at radius 2 is 2.08 bits per heavy atom. The van der Waals surface area contributed by atoms with E-state index in [0.717, 1.165) is 12.8 Å². The molecule has 0 spiro atoms. The molecule has 1 saturated heterocycles. The number of imide groups is 1. The second-order valence-electron chi connectivity index (χ2n) is 6.11. The van der Waals surface area contributed by atoms with Crippen LogP contribution in [0, 0.1) is 0 Å². The van der Waals surface area contributed by atoms with E-state index in [2.05, 4.69) is 10.6 Å². The van der Waals surface area contributed by atoms with Gasteiger partial charge in [0.2, 0.25) is 5.91 Å². The van der Waals surface area contributed by atoms with Crippen LogP contribution in [0.4, 0.5) is 10.5 Å². The van der Waals surface area contributed by atoms with Crippen molar-refractivity contribution in [3.05, 3.63) is 29.8 Å². The number of nitrogens with one attached hydrogen (secondary N) is 2. The van der Waals surface area contributed by atoms with Crippen molar-refractivity contribution in [2.45, 2.75) is 39.2 Å². The number of esters is 1. The van der Waals surface area contributed by atoms with Crippen LogP contribution in [0.1, 0.15) is 43.5 Å². The summed E-state index contributed by atoms with van der Waals surface area (Å²) in [5, 5.41) is 4.67. The number of carbonyl (C=O) groups excluding carboxylic acids is 4. The molecule has 1 aliphatic heterocycles. The van der Waals surface area contributed by atoms with E-state index in [9.17, 15) is 19.2 Å². The quantitative estimate of drug-likeness (QED) is 0.749. The summed E-state index contributed by atoms with van der Waals surface area (Å²) in [7, 11) is 0. The predicted molar refractivity (Wildman–Crippen MR) is 94.7 cm³/mol. The molecule has 1 fully saturated rings. The minimum absolute atomic E-state index is 0.0159. The van der Waals surface area contributed by atoms with Crippen LogP contribution in [0.2, 0.25) is 0 Å². The maximum Gasteiger partial charge on any atom is 0.338 e. The molecule has 4 amide bonds. The van der Waals surface area contributed by atoms with Gasteiger partial charge in [-0.2, -0.15) is 0 Å². The van der Waals surface area contributed by atoms with Gasteiger partial charge in [0.1, 0.15) is 0 Å². The normalized spacial score (nSPS) is 14.7. The smallest absolute Gasteiger partial charge is 0.338 e. The van der Waals surface area contributed by atoms with Crippen molar-refractivity contribution in [2.24, 2.45) is 0 Å². The van der Waals surface area contributed by atoms with Gasteiger partial charge in [-0.05, 0) is 38.0 Å². The van der Waals surface area contributed by atoms with Gasteiger partial charge in [0.05, 0.1) is 5.56 Å². The Hall–Kier alpha value is -2.90. The molecular weight excluding hydrogens is 338 g/mol. The Bertz CT molecular complexity index is 704. The van der Waals surface area contributed by atoms with Crippen LogP contribution < -0.4 is 15.5 Å². The topological polar surface area (TPSA) is 105 Å².